The number of benzene rings is 3. The van der Waals surface area contributed by atoms with Crippen molar-refractivity contribution in [2.45, 2.75) is 15.7 Å². The molecule has 3 aromatic rings. The number of nitrogens with zero attached hydrogens (tertiary/aromatic N) is 3. The maximum absolute atomic E-state index is 12.5. The summed E-state index contributed by atoms with van der Waals surface area (Å²) in [5, 5.41) is 18.5. The van der Waals surface area contributed by atoms with Crippen LogP contribution in [0.2, 0.25) is 0 Å². The zero-order chi connectivity index (χ0) is 29.7. The molecule has 1 aliphatic rings. The summed E-state index contributed by atoms with van der Waals surface area (Å²) >= 11 is 0. The van der Waals surface area contributed by atoms with Gasteiger partial charge in [0, 0.05) is 12.2 Å². The van der Waals surface area contributed by atoms with Crippen molar-refractivity contribution >= 4 is 56.1 Å². The molecule has 3 aromatic carbocycles. The Morgan fingerprint density at radius 2 is 1.56 bits per heavy atom. The Morgan fingerprint density at radius 1 is 0.902 bits per heavy atom. The highest BCUT2D eigenvalue weighted by atomic mass is 32.2. The number of hydrogen-bond acceptors (Lipinski definition) is 11. The van der Waals surface area contributed by atoms with Crippen LogP contribution in [-0.2, 0) is 20.2 Å². The molecule has 0 fully saturated rings. The maximum atomic E-state index is 12.5. The Balaban J connectivity index is 1.75. The Labute approximate surface area is 237 Å². The van der Waals surface area contributed by atoms with Crippen molar-refractivity contribution < 1.29 is 31.0 Å². The van der Waals surface area contributed by atoms with E-state index in [1.807, 2.05) is 18.2 Å². The van der Waals surface area contributed by atoms with Gasteiger partial charge in [0.15, 0.2) is 0 Å². The molecule has 216 valence electrons. The molecule has 0 bridgehead atoms. The molecule has 1 unspecified atom stereocenters. The Hall–Kier alpha value is -4.12. The summed E-state index contributed by atoms with van der Waals surface area (Å²) in [7, 11) is -7.67. The van der Waals surface area contributed by atoms with Crippen molar-refractivity contribution in [2.24, 2.45) is 9.98 Å². The van der Waals surface area contributed by atoms with Crippen LogP contribution in [-0.4, -0.2) is 74.4 Å². The van der Waals surface area contributed by atoms with E-state index in [1.165, 1.54) is 54.9 Å². The summed E-state index contributed by atoms with van der Waals surface area (Å²) in [6.45, 7) is 0.00742. The molecule has 6 N–H and O–H groups in total. The van der Waals surface area contributed by atoms with Gasteiger partial charge in [-0.05, 0) is 42.4 Å². The lowest BCUT2D eigenvalue weighted by Crippen LogP contribution is -2.55. The van der Waals surface area contributed by atoms with Gasteiger partial charge in [-0.15, -0.1) is 0 Å². The Bertz CT molecular complexity index is 1710. The number of guanidine groups is 1. The molecule has 0 radical (unpaired) electrons. The highest BCUT2D eigenvalue weighted by Gasteiger charge is 2.36. The van der Waals surface area contributed by atoms with Gasteiger partial charge >= 0.3 is 0 Å². The van der Waals surface area contributed by atoms with E-state index < -0.39 is 31.0 Å². The zero-order valence-corrected chi connectivity index (χ0v) is 23.3. The first kappa shape index (κ1) is 29.9. The lowest BCUT2D eigenvalue weighted by Gasteiger charge is -2.38. The number of aliphatic hydroxyl groups is 1. The van der Waals surface area contributed by atoms with E-state index in [9.17, 15) is 31.0 Å². The average molecular weight is 601 g/mol. The largest absolute Gasteiger partial charge is 0.395 e. The molecule has 0 saturated carbocycles. The van der Waals surface area contributed by atoms with Gasteiger partial charge in [-0.1, -0.05) is 60.7 Å². The minimum Gasteiger partial charge on any atom is -0.395 e. The van der Waals surface area contributed by atoms with E-state index >= 15 is 0 Å². The first-order valence-electron chi connectivity index (χ1n) is 12.1. The lowest BCUT2D eigenvalue weighted by molar-refractivity contribution is 0.128. The van der Waals surface area contributed by atoms with E-state index in [4.69, 9.17) is 0 Å². The average Bonchev–Trinajstić information content (AvgIpc) is 2.92. The molecular formula is C26H28N6O7S2. The predicted molar refractivity (Wildman–Crippen MR) is 157 cm³/mol. The molecular weight excluding hydrogens is 572 g/mol. The van der Waals surface area contributed by atoms with Crippen LogP contribution in [0.4, 0.5) is 11.4 Å². The van der Waals surface area contributed by atoms with Crippen molar-refractivity contribution in [1.82, 2.24) is 10.2 Å². The van der Waals surface area contributed by atoms with Gasteiger partial charge in [0.2, 0.25) is 5.96 Å². The molecule has 15 heteroatoms. The van der Waals surface area contributed by atoms with E-state index in [-0.39, 0.29) is 40.8 Å². The number of nitrogens with one attached hydrogen (secondary N) is 3. The quantitative estimate of drug-likeness (QED) is 0.114. The molecule has 0 saturated heterocycles. The predicted octanol–water partition coefficient (Wildman–Crippen LogP) is 2.40. The molecule has 1 atom stereocenters. The number of aliphatic imine (C=N–C) groups is 2. The molecule has 13 nitrogen and oxygen atoms in total. The SMILES string of the molecule is CN(CCO)C1(Nc2ccccc2)N=CNC(Nc2cccc(C=Cc3ccccc3S(=O)(=O)O)c2S(=O)(=O)O)=N1. The smallest absolute Gasteiger partial charge is 0.297 e. The lowest BCUT2D eigenvalue weighted by atomic mass is 10.1. The second kappa shape index (κ2) is 12.2. The van der Waals surface area contributed by atoms with Gasteiger partial charge in [0.1, 0.15) is 9.79 Å². The topological polar surface area (TPSA) is 193 Å². The molecule has 1 aliphatic heterocycles. The molecule has 0 aliphatic carbocycles. The Morgan fingerprint density at radius 3 is 2.24 bits per heavy atom. The third kappa shape index (κ3) is 7.15. The second-order valence-electron chi connectivity index (χ2n) is 8.80. The van der Waals surface area contributed by atoms with E-state index in [0.29, 0.717) is 5.69 Å². The molecule has 4 rings (SSSR count). The summed E-state index contributed by atoms with van der Waals surface area (Å²) in [5.74, 6) is -1.36. The van der Waals surface area contributed by atoms with Crippen molar-refractivity contribution in [2.75, 3.05) is 30.8 Å². The minimum absolute atomic E-state index is 0.0267. The van der Waals surface area contributed by atoms with Gasteiger partial charge in [0.25, 0.3) is 26.1 Å². The fourth-order valence-corrected chi connectivity index (χ4v) is 5.57. The highest BCUT2D eigenvalue weighted by Crippen LogP contribution is 2.29. The van der Waals surface area contributed by atoms with Crippen LogP contribution in [0, 0.1) is 0 Å². The van der Waals surface area contributed by atoms with E-state index in [0.717, 1.165) is 0 Å². The second-order valence-corrected chi connectivity index (χ2v) is 11.6. The molecule has 1 heterocycles. The van der Waals surface area contributed by atoms with Crippen LogP contribution >= 0.6 is 0 Å². The maximum Gasteiger partial charge on any atom is 0.297 e. The molecule has 0 amide bonds. The number of hydrogen-bond donors (Lipinski definition) is 6. The Kier molecular flexibility index (Phi) is 8.86. The number of rotatable bonds is 10. The number of para-hydroxylation sites is 1. The fraction of sp³-hybridized carbons (Fsp3) is 0.154. The summed E-state index contributed by atoms with van der Waals surface area (Å²) < 4.78 is 68.2. The fourth-order valence-electron chi connectivity index (χ4n) is 4.06. The van der Waals surface area contributed by atoms with E-state index in [2.05, 4.69) is 25.9 Å². The third-order valence-electron chi connectivity index (χ3n) is 5.96. The van der Waals surface area contributed by atoms with Crippen LogP contribution in [0.5, 0.6) is 0 Å². The zero-order valence-electron chi connectivity index (χ0n) is 21.7. The van der Waals surface area contributed by atoms with Crippen molar-refractivity contribution in [1.29, 1.82) is 0 Å². The first-order valence-corrected chi connectivity index (χ1v) is 15.0. The standard InChI is InChI=1S/C26H28N6O7S2/c1-32(16-17-33)26(30-21-10-3-2-4-11-21)28-18-27-25(31-26)29-22-12-7-9-20(24(22)41(37,38)39)15-14-19-8-5-6-13-23(19)40(34,35)36/h2-15,18,30,33H,16-17H2,1H3,(H,34,35,36)(H,37,38,39)(H2,27,28,29,31). The van der Waals surface area contributed by atoms with Gasteiger partial charge in [-0.3, -0.25) is 9.11 Å². The van der Waals surface area contributed by atoms with Gasteiger partial charge in [-0.2, -0.15) is 21.8 Å². The van der Waals surface area contributed by atoms with Crippen LogP contribution in [0.25, 0.3) is 12.2 Å². The number of aliphatic hydroxyl groups excluding tert-OH is 1. The summed E-state index contributed by atoms with van der Waals surface area (Å²) in [6.07, 6.45) is 3.95. The van der Waals surface area contributed by atoms with Crippen molar-refractivity contribution in [3.63, 3.8) is 0 Å². The summed E-state index contributed by atoms with van der Waals surface area (Å²) in [4.78, 5) is 9.83. The van der Waals surface area contributed by atoms with Gasteiger partial charge < -0.3 is 21.1 Å². The first-order chi connectivity index (χ1) is 19.4. The summed E-state index contributed by atoms with van der Waals surface area (Å²) in [5.41, 5.74) is 0.764. The van der Waals surface area contributed by atoms with Crippen molar-refractivity contribution in [3.8, 4) is 0 Å². The van der Waals surface area contributed by atoms with Crippen LogP contribution in [0.3, 0.4) is 0 Å². The molecule has 41 heavy (non-hydrogen) atoms. The number of likely N-dealkylation sites (N-methyl/N-ethyl adjacent to an activating group) is 1. The van der Waals surface area contributed by atoms with Crippen LogP contribution < -0.4 is 16.0 Å². The minimum atomic E-state index is -4.82. The van der Waals surface area contributed by atoms with Crippen LogP contribution in [0.15, 0.2) is 92.6 Å². The molecule has 0 spiro atoms. The van der Waals surface area contributed by atoms with Gasteiger partial charge in [0.05, 0.1) is 18.6 Å². The highest BCUT2D eigenvalue weighted by molar-refractivity contribution is 7.86. The normalized spacial score (nSPS) is 17.3. The third-order valence-corrected chi connectivity index (χ3v) is 7.86. The summed E-state index contributed by atoms with van der Waals surface area (Å²) in [6, 6.07) is 19.1. The van der Waals surface area contributed by atoms with E-state index in [1.54, 1.807) is 30.1 Å². The van der Waals surface area contributed by atoms with Gasteiger partial charge in [-0.25, -0.2) is 9.89 Å². The monoisotopic (exact) mass is 600 g/mol. The van der Waals surface area contributed by atoms with Crippen LogP contribution in [0.1, 0.15) is 11.1 Å². The number of anilines is 2. The van der Waals surface area contributed by atoms with Crippen molar-refractivity contribution in [3.05, 3.63) is 83.9 Å². The molecule has 0 aromatic heterocycles.